The van der Waals surface area contributed by atoms with Crippen molar-refractivity contribution in [3.63, 3.8) is 0 Å². The Morgan fingerprint density at radius 3 is 2.62 bits per heavy atom. The van der Waals surface area contributed by atoms with Gasteiger partial charge in [0.05, 0.1) is 22.6 Å². The Balaban J connectivity index is 2.21. The summed E-state index contributed by atoms with van der Waals surface area (Å²) in [7, 11) is -2.53. The van der Waals surface area contributed by atoms with Gasteiger partial charge in [0.15, 0.2) is 0 Å². The molecule has 1 atom stereocenters. The average molecular weight is 366 g/mol. The van der Waals surface area contributed by atoms with E-state index in [1.807, 2.05) is 0 Å². The molecule has 0 radical (unpaired) electrons. The Hall–Kier alpha value is -1.16. The second-order valence-electron chi connectivity index (χ2n) is 6.04. The van der Waals surface area contributed by atoms with E-state index in [0.717, 1.165) is 25.5 Å². The fraction of sp³-hybridized carbons (Fsp3) is 0.600. The lowest BCUT2D eigenvalue weighted by atomic mass is 9.99. The molecule has 5 nitrogen and oxygen atoms in total. The maximum atomic E-state index is 13.0. The molecule has 24 heavy (non-hydrogen) atoms. The number of benzene rings is 1. The topological polar surface area (TPSA) is 67.4 Å². The highest BCUT2D eigenvalue weighted by atomic mass is 32.2. The van der Waals surface area contributed by atoms with E-state index in [2.05, 4.69) is 10.0 Å². The summed E-state index contributed by atoms with van der Waals surface area (Å²) in [6.45, 7) is 2.41. The van der Waals surface area contributed by atoms with Gasteiger partial charge in [-0.15, -0.1) is 0 Å². The van der Waals surface area contributed by atoms with E-state index in [-0.39, 0.29) is 12.1 Å². The molecular formula is C15H21F3N2O3S. The van der Waals surface area contributed by atoms with Crippen molar-refractivity contribution < 1.29 is 26.3 Å². The smallest absolute Gasteiger partial charge is 0.383 e. The minimum absolute atomic E-state index is 0.0187. The number of halogens is 3. The maximum absolute atomic E-state index is 13.0. The van der Waals surface area contributed by atoms with Gasteiger partial charge >= 0.3 is 6.18 Å². The summed E-state index contributed by atoms with van der Waals surface area (Å²) in [5, 5.41) is 3.21. The number of alkyl halides is 3. The van der Waals surface area contributed by atoms with Crippen molar-refractivity contribution in [1.82, 2.24) is 10.0 Å². The number of aryl methyl sites for hydroxylation is 1. The van der Waals surface area contributed by atoms with Gasteiger partial charge in [0, 0.05) is 13.7 Å². The van der Waals surface area contributed by atoms with Gasteiger partial charge in [0.2, 0.25) is 10.0 Å². The molecular weight excluding hydrogens is 345 g/mol. The van der Waals surface area contributed by atoms with Gasteiger partial charge in [0.1, 0.15) is 0 Å². The van der Waals surface area contributed by atoms with Crippen molar-refractivity contribution in [2.75, 3.05) is 26.8 Å². The molecule has 2 rings (SSSR count). The van der Waals surface area contributed by atoms with E-state index >= 15 is 0 Å². The van der Waals surface area contributed by atoms with Crippen LogP contribution in [0.5, 0.6) is 0 Å². The van der Waals surface area contributed by atoms with Crippen molar-refractivity contribution in [2.45, 2.75) is 36.4 Å². The quantitative estimate of drug-likeness (QED) is 0.809. The molecule has 1 unspecified atom stereocenters. The molecule has 0 aliphatic carbocycles. The van der Waals surface area contributed by atoms with Crippen LogP contribution in [0, 0.1) is 6.92 Å². The number of sulfonamides is 1. The van der Waals surface area contributed by atoms with Crippen LogP contribution >= 0.6 is 0 Å². The summed E-state index contributed by atoms with van der Waals surface area (Å²) in [4.78, 5) is -0.397. The van der Waals surface area contributed by atoms with Crippen LogP contribution in [-0.2, 0) is 20.9 Å². The van der Waals surface area contributed by atoms with E-state index < -0.39 is 32.2 Å². The Kier molecular flexibility index (Phi) is 5.58. The fourth-order valence-electron chi connectivity index (χ4n) is 2.86. The first-order valence-corrected chi connectivity index (χ1v) is 8.99. The Morgan fingerprint density at radius 1 is 1.38 bits per heavy atom. The minimum atomic E-state index is -4.60. The van der Waals surface area contributed by atoms with Gasteiger partial charge < -0.3 is 10.1 Å². The predicted molar refractivity (Wildman–Crippen MR) is 83.2 cm³/mol. The van der Waals surface area contributed by atoms with Crippen molar-refractivity contribution in [3.05, 3.63) is 29.3 Å². The number of nitrogens with one attached hydrogen (secondary N) is 2. The lowest BCUT2D eigenvalue weighted by Crippen LogP contribution is -2.52. The maximum Gasteiger partial charge on any atom is 0.416 e. The Morgan fingerprint density at radius 2 is 2.08 bits per heavy atom. The summed E-state index contributed by atoms with van der Waals surface area (Å²) in [6.07, 6.45) is -2.99. The summed E-state index contributed by atoms with van der Waals surface area (Å²) in [5.41, 5.74) is -1.50. The molecule has 1 aliphatic rings. The van der Waals surface area contributed by atoms with Crippen LogP contribution < -0.4 is 10.0 Å². The predicted octanol–water partition coefficient (Wildman–Crippen LogP) is 2.06. The van der Waals surface area contributed by atoms with Gasteiger partial charge in [-0.05, 0) is 44.0 Å². The number of rotatable bonds is 6. The first-order valence-electron chi connectivity index (χ1n) is 7.51. The highest BCUT2D eigenvalue weighted by molar-refractivity contribution is 7.89. The standard InChI is InChI=1S/C15H21F3N2O3S/c1-11-4-5-12(8-13(11)15(16,17)18)24(21,22)20-9-14(10-23-2)6-3-7-19-14/h4-5,8,19-20H,3,6-7,9-10H2,1-2H3. The van der Waals surface area contributed by atoms with Crippen LogP contribution in [0.4, 0.5) is 13.2 Å². The van der Waals surface area contributed by atoms with Crippen LogP contribution in [0.1, 0.15) is 24.0 Å². The fourth-order valence-corrected chi connectivity index (χ4v) is 4.01. The number of methoxy groups -OCH3 is 1. The molecule has 0 bridgehead atoms. The summed E-state index contributed by atoms with van der Waals surface area (Å²) in [6, 6.07) is 3.01. The lowest BCUT2D eigenvalue weighted by molar-refractivity contribution is -0.138. The SMILES string of the molecule is COCC1(CNS(=O)(=O)c2ccc(C)c(C(F)(F)F)c2)CCCN1. The van der Waals surface area contributed by atoms with Gasteiger partial charge in [-0.2, -0.15) is 13.2 Å². The molecule has 0 amide bonds. The zero-order valence-electron chi connectivity index (χ0n) is 13.5. The zero-order chi connectivity index (χ0) is 18.0. The number of hydrogen-bond donors (Lipinski definition) is 2. The van der Waals surface area contributed by atoms with E-state index in [0.29, 0.717) is 12.7 Å². The first-order chi connectivity index (χ1) is 11.1. The van der Waals surface area contributed by atoms with Crippen LogP contribution in [0.15, 0.2) is 23.1 Å². The second kappa shape index (κ2) is 6.99. The third-order valence-corrected chi connectivity index (χ3v) is 5.58. The van der Waals surface area contributed by atoms with Crippen molar-refractivity contribution >= 4 is 10.0 Å². The molecule has 0 saturated carbocycles. The van der Waals surface area contributed by atoms with Crippen LogP contribution in [-0.4, -0.2) is 40.8 Å². The largest absolute Gasteiger partial charge is 0.416 e. The Bertz CT molecular complexity index is 684. The first kappa shape index (κ1) is 19.2. The van der Waals surface area contributed by atoms with E-state index in [4.69, 9.17) is 4.74 Å². The molecule has 1 aromatic rings. The number of ether oxygens (including phenoxy) is 1. The Labute approximate surface area is 139 Å². The second-order valence-corrected chi connectivity index (χ2v) is 7.81. The molecule has 136 valence electrons. The van der Waals surface area contributed by atoms with Gasteiger partial charge in [-0.3, -0.25) is 0 Å². The number of hydrogen-bond acceptors (Lipinski definition) is 4. The normalized spacial score (nSPS) is 22.0. The molecule has 0 aromatic heterocycles. The average Bonchev–Trinajstić information content (AvgIpc) is 2.94. The molecule has 1 heterocycles. The van der Waals surface area contributed by atoms with Crippen LogP contribution in [0.25, 0.3) is 0 Å². The van der Waals surface area contributed by atoms with Gasteiger partial charge in [-0.25, -0.2) is 13.1 Å². The van der Waals surface area contributed by atoms with E-state index in [1.165, 1.54) is 20.1 Å². The molecule has 2 N–H and O–H groups in total. The summed E-state index contributed by atoms with van der Waals surface area (Å²) >= 11 is 0. The summed E-state index contributed by atoms with van der Waals surface area (Å²) < 4.78 is 71.2. The third-order valence-electron chi connectivity index (χ3n) is 4.18. The van der Waals surface area contributed by atoms with Crippen molar-refractivity contribution in [1.29, 1.82) is 0 Å². The van der Waals surface area contributed by atoms with Gasteiger partial charge in [-0.1, -0.05) is 6.07 Å². The summed E-state index contributed by atoms with van der Waals surface area (Å²) in [5.74, 6) is 0. The van der Waals surface area contributed by atoms with Crippen molar-refractivity contribution in [2.24, 2.45) is 0 Å². The molecule has 1 saturated heterocycles. The molecule has 1 aliphatic heterocycles. The van der Waals surface area contributed by atoms with Crippen LogP contribution in [0.2, 0.25) is 0 Å². The van der Waals surface area contributed by atoms with E-state index in [1.54, 1.807) is 0 Å². The zero-order valence-corrected chi connectivity index (χ0v) is 14.4. The van der Waals surface area contributed by atoms with Gasteiger partial charge in [0.25, 0.3) is 0 Å². The monoisotopic (exact) mass is 366 g/mol. The van der Waals surface area contributed by atoms with Crippen LogP contribution in [0.3, 0.4) is 0 Å². The third kappa shape index (κ3) is 4.27. The lowest BCUT2D eigenvalue weighted by Gasteiger charge is -2.28. The molecule has 1 aromatic carbocycles. The molecule has 1 fully saturated rings. The highest BCUT2D eigenvalue weighted by Crippen LogP contribution is 2.33. The van der Waals surface area contributed by atoms with E-state index in [9.17, 15) is 21.6 Å². The highest BCUT2D eigenvalue weighted by Gasteiger charge is 2.36. The minimum Gasteiger partial charge on any atom is -0.383 e. The molecule has 9 heteroatoms. The molecule has 0 spiro atoms. The van der Waals surface area contributed by atoms with Crippen molar-refractivity contribution in [3.8, 4) is 0 Å².